The lowest BCUT2D eigenvalue weighted by molar-refractivity contribution is -0.223. The molecule has 2 nitrogen and oxygen atoms in total. The molecule has 0 unspecified atom stereocenters. The molecule has 0 amide bonds. The van der Waals surface area contributed by atoms with Gasteiger partial charge in [-0.3, -0.25) is 4.79 Å². The summed E-state index contributed by atoms with van der Waals surface area (Å²) in [6.45, 7) is 5.64. The second kappa shape index (κ2) is 11.3. The summed E-state index contributed by atoms with van der Waals surface area (Å²) in [5, 5.41) is 0. The molecule has 0 aromatic heterocycles. The molecule has 156 valence electrons. The molecule has 0 spiro atoms. The van der Waals surface area contributed by atoms with Crippen LogP contribution >= 0.6 is 0 Å². The molecule has 1 aromatic carbocycles. The Kier molecular flexibility index (Phi) is 9.14. The van der Waals surface area contributed by atoms with Gasteiger partial charge in [0.25, 0.3) is 0 Å². The monoisotopic (exact) mass is 392 g/mol. The maximum Gasteiger partial charge on any atom is 0.400 e. The van der Waals surface area contributed by atoms with Gasteiger partial charge < -0.3 is 4.74 Å². The second-order valence-corrected chi connectivity index (χ2v) is 8.05. The number of allylic oxidation sites excluding steroid dienone is 1. The summed E-state index contributed by atoms with van der Waals surface area (Å²) in [5.74, 6) is 0.144. The zero-order valence-corrected chi connectivity index (χ0v) is 17.1. The van der Waals surface area contributed by atoms with Crippen LogP contribution in [0, 0.1) is 11.8 Å². The Bertz CT molecular complexity index is 602. The van der Waals surface area contributed by atoms with Crippen LogP contribution in [0.3, 0.4) is 0 Å². The molecule has 0 saturated heterocycles. The average Bonchev–Trinajstić information content (AvgIpc) is 2.69. The molecule has 0 atom stereocenters. The number of carbonyl (C=O) groups is 1. The van der Waals surface area contributed by atoms with Gasteiger partial charge in [-0.1, -0.05) is 51.3 Å². The molecule has 1 aromatic rings. The summed E-state index contributed by atoms with van der Waals surface area (Å²) in [4.78, 5) is 11.2. The highest BCUT2D eigenvalue weighted by Gasteiger charge is 2.43. The molecule has 2 rings (SSSR count). The number of hydrogen-bond acceptors (Lipinski definition) is 2. The van der Waals surface area contributed by atoms with Gasteiger partial charge in [-0.05, 0) is 68.2 Å². The van der Waals surface area contributed by atoms with Gasteiger partial charge in [0.15, 0.2) is 5.78 Å². The van der Waals surface area contributed by atoms with Crippen LogP contribution in [-0.4, -0.2) is 11.9 Å². The van der Waals surface area contributed by atoms with Crippen molar-refractivity contribution in [1.82, 2.24) is 0 Å². The number of carbonyl (C=O) groups excluding carboxylic acids is 1. The fraction of sp³-hybridized carbons (Fsp3) is 0.625. The smallest absolute Gasteiger partial charge is 0.400 e. The Labute approximate surface area is 168 Å². The van der Waals surface area contributed by atoms with Crippen LogP contribution in [0.4, 0.5) is 8.78 Å². The van der Waals surface area contributed by atoms with Gasteiger partial charge >= 0.3 is 6.11 Å². The van der Waals surface area contributed by atoms with Crippen molar-refractivity contribution in [1.29, 1.82) is 0 Å². The number of alkyl halides is 2. The third-order valence-electron chi connectivity index (χ3n) is 5.83. The highest BCUT2D eigenvalue weighted by Crippen LogP contribution is 2.41. The fourth-order valence-corrected chi connectivity index (χ4v) is 4.00. The van der Waals surface area contributed by atoms with Gasteiger partial charge in [0.05, 0.1) is 5.92 Å². The van der Waals surface area contributed by atoms with Crippen molar-refractivity contribution in [2.45, 2.75) is 83.7 Å². The Morgan fingerprint density at radius 1 is 1.14 bits per heavy atom. The first kappa shape index (κ1) is 22.6. The summed E-state index contributed by atoms with van der Waals surface area (Å²) in [7, 11) is 0. The van der Waals surface area contributed by atoms with E-state index in [1.54, 1.807) is 24.3 Å². The Morgan fingerprint density at radius 2 is 1.82 bits per heavy atom. The predicted octanol–water partition coefficient (Wildman–Crippen LogP) is 7.12. The third-order valence-corrected chi connectivity index (χ3v) is 5.83. The first-order chi connectivity index (χ1) is 13.4. The van der Waals surface area contributed by atoms with E-state index in [0.717, 1.165) is 31.2 Å². The summed E-state index contributed by atoms with van der Waals surface area (Å²) in [5.41, 5.74) is 1.01. The van der Waals surface area contributed by atoms with E-state index in [2.05, 4.69) is 13.5 Å². The lowest BCUT2D eigenvalue weighted by Gasteiger charge is -2.33. The number of rotatable bonds is 12. The van der Waals surface area contributed by atoms with Gasteiger partial charge in [-0.25, -0.2) is 0 Å². The van der Waals surface area contributed by atoms with Crippen molar-refractivity contribution < 1.29 is 18.3 Å². The van der Waals surface area contributed by atoms with E-state index in [1.807, 2.05) is 0 Å². The average molecular weight is 393 g/mol. The van der Waals surface area contributed by atoms with Crippen LogP contribution in [0.1, 0.15) is 76.7 Å². The highest BCUT2D eigenvalue weighted by atomic mass is 19.3. The standard InChI is InChI=1S/C24H34F2O2/c1-3-5-6-8-19-11-15-21(16-12-19)24(25,26)28-23-17-13-20(14-18-23)9-7-10-22(27)4-2/h4,13-14,17-19,21H,2-3,5-12,15-16H2,1H3. The number of hydrogen-bond donors (Lipinski definition) is 0. The molecular formula is C24H34F2O2. The van der Waals surface area contributed by atoms with Crippen LogP contribution in [0.5, 0.6) is 5.75 Å². The van der Waals surface area contributed by atoms with Crippen LogP contribution in [0.25, 0.3) is 0 Å². The summed E-state index contributed by atoms with van der Waals surface area (Å²) < 4.78 is 34.3. The minimum Gasteiger partial charge on any atom is -0.432 e. The molecular weight excluding hydrogens is 358 g/mol. The molecule has 0 bridgehead atoms. The highest BCUT2D eigenvalue weighted by molar-refractivity contribution is 5.88. The van der Waals surface area contributed by atoms with Crippen LogP contribution in [-0.2, 0) is 11.2 Å². The maximum atomic E-state index is 14.6. The van der Waals surface area contributed by atoms with E-state index < -0.39 is 12.0 Å². The Morgan fingerprint density at radius 3 is 2.43 bits per heavy atom. The number of ketones is 1. The van der Waals surface area contributed by atoms with Crippen molar-refractivity contribution in [2.24, 2.45) is 11.8 Å². The summed E-state index contributed by atoms with van der Waals surface area (Å²) >= 11 is 0. The number of unbranched alkanes of at least 4 members (excludes halogenated alkanes) is 2. The third kappa shape index (κ3) is 7.37. The summed E-state index contributed by atoms with van der Waals surface area (Å²) in [6, 6.07) is 6.81. The minimum absolute atomic E-state index is 0.0275. The van der Waals surface area contributed by atoms with Crippen molar-refractivity contribution in [3.8, 4) is 5.75 Å². The first-order valence-electron chi connectivity index (χ1n) is 10.8. The molecule has 1 fully saturated rings. The molecule has 1 aliphatic rings. The van der Waals surface area contributed by atoms with E-state index in [0.29, 0.717) is 25.2 Å². The van der Waals surface area contributed by atoms with E-state index in [1.165, 1.54) is 31.8 Å². The second-order valence-electron chi connectivity index (χ2n) is 8.05. The van der Waals surface area contributed by atoms with E-state index >= 15 is 0 Å². The van der Waals surface area contributed by atoms with E-state index in [-0.39, 0.29) is 11.5 Å². The summed E-state index contributed by atoms with van der Waals surface area (Å²) in [6.07, 6.45) is 7.81. The van der Waals surface area contributed by atoms with Crippen molar-refractivity contribution in [3.63, 3.8) is 0 Å². The van der Waals surface area contributed by atoms with Gasteiger partial charge in [-0.15, -0.1) is 0 Å². The first-order valence-corrected chi connectivity index (χ1v) is 10.8. The molecule has 1 aliphatic carbocycles. The topological polar surface area (TPSA) is 26.3 Å². The Balaban J connectivity index is 1.78. The van der Waals surface area contributed by atoms with E-state index in [4.69, 9.17) is 4.74 Å². The normalized spacial score (nSPS) is 20.0. The van der Waals surface area contributed by atoms with Gasteiger partial charge in [0.2, 0.25) is 0 Å². The quantitative estimate of drug-likeness (QED) is 0.279. The molecule has 1 saturated carbocycles. The number of benzene rings is 1. The zero-order valence-electron chi connectivity index (χ0n) is 17.1. The van der Waals surface area contributed by atoms with Crippen molar-refractivity contribution >= 4 is 5.78 Å². The number of aryl methyl sites for hydroxylation is 1. The lowest BCUT2D eigenvalue weighted by Crippen LogP contribution is -2.37. The van der Waals surface area contributed by atoms with Crippen molar-refractivity contribution in [2.75, 3.05) is 0 Å². The molecule has 0 radical (unpaired) electrons. The number of halogens is 2. The predicted molar refractivity (Wildman–Crippen MR) is 110 cm³/mol. The molecule has 4 heteroatoms. The van der Waals surface area contributed by atoms with Gasteiger partial charge in [-0.2, -0.15) is 8.78 Å². The maximum absolute atomic E-state index is 14.6. The van der Waals surface area contributed by atoms with Crippen LogP contribution < -0.4 is 4.74 Å². The molecule has 0 N–H and O–H groups in total. The molecule has 28 heavy (non-hydrogen) atoms. The number of ether oxygens (including phenoxy) is 1. The van der Waals surface area contributed by atoms with Crippen molar-refractivity contribution in [3.05, 3.63) is 42.5 Å². The molecule has 0 heterocycles. The van der Waals surface area contributed by atoms with Gasteiger partial charge in [0.1, 0.15) is 5.75 Å². The zero-order chi connectivity index (χ0) is 20.4. The minimum atomic E-state index is -3.12. The van der Waals surface area contributed by atoms with Gasteiger partial charge in [0, 0.05) is 6.42 Å². The largest absolute Gasteiger partial charge is 0.432 e. The molecule has 0 aliphatic heterocycles. The lowest BCUT2D eigenvalue weighted by atomic mass is 9.79. The van der Waals surface area contributed by atoms with E-state index in [9.17, 15) is 13.6 Å². The SMILES string of the molecule is C=CC(=O)CCCc1ccc(OC(F)(F)C2CCC(CCCCC)CC2)cc1. The van der Waals surface area contributed by atoms with Crippen LogP contribution in [0.15, 0.2) is 36.9 Å². The Hall–Kier alpha value is -1.71. The van der Waals surface area contributed by atoms with Crippen LogP contribution in [0.2, 0.25) is 0 Å². The fourth-order valence-electron chi connectivity index (χ4n) is 4.00.